The molecule has 0 aliphatic carbocycles. The first-order valence-corrected chi connectivity index (χ1v) is 8.80. The molecule has 2 aromatic rings. The zero-order valence-corrected chi connectivity index (χ0v) is 14.8. The lowest BCUT2D eigenvalue weighted by molar-refractivity contribution is -0.386. The first-order valence-electron chi connectivity index (χ1n) is 8.80. The monoisotopic (exact) mass is 369 g/mol. The maximum Gasteiger partial charge on any atom is 0.334 e. The Morgan fingerprint density at radius 3 is 2.70 bits per heavy atom. The number of amides is 1. The lowest BCUT2D eigenvalue weighted by Crippen LogP contribution is -2.49. The number of nitrogens with zero attached hydrogens (tertiary/aromatic N) is 3. The lowest BCUT2D eigenvalue weighted by atomic mass is 9.83. The van der Waals surface area contributed by atoms with Crippen LogP contribution in [0.1, 0.15) is 28.4 Å². The van der Waals surface area contributed by atoms with E-state index in [0.717, 1.165) is 12.1 Å². The number of hydrogen-bond donors (Lipinski definition) is 0. The molecule has 27 heavy (non-hydrogen) atoms. The van der Waals surface area contributed by atoms with Gasteiger partial charge in [0.05, 0.1) is 17.6 Å². The van der Waals surface area contributed by atoms with Crippen LogP contribution >= 0.6 is 0 Å². The fraction of sp³-hybridized carbons (Fsp3) is 0.368. The number of carbonyl (C=O) groups is 1. The van der Waals surface area contributed by atoms with Gasteiger partial charge in [0.2, 0.25) is 0 Å². The summed E-state index contributed by atoms with van der Waals surface area (Å²) in [7, 11) is 1.53. The van der Waals surface area contributed by atoms with Crippen LogP contribution < -0.4 is 10.3 Å². The average Bonchev–Trinajstić information content (AvgIpc) is 2.67. The molecular formula is C19H19N3O5. The van der Waals surface area contributed by atoms with Crippen molar-refractivity contribution in [1.82, 2.24) is 9.47 Å². The molecule has 1 saturated heterocycles. The van der Waals surface area contributed by atoms with Gasteiger partial charge in [-0.1, -0.05) is 12.1 Å². The summed E-state index contributed by atoms with van der Waals surface area (Å²) in [5, 5.41) is 11.0. The van der Waals surface area contributed by atoms with E-state index in [-0.39, 0.29) is 17.7 Å². The largest absolute Gasteiger partial charge is 0.496 e. The van der Waals surface area contributed by atoms with Crippen LogP contribution in [0.15, 0.2) is 41.2 Å². The van der Waals surface area contributed by atoms with Crippen molar-refractivity contribution in [3.8, 4) is 5.75 Å². The zero-order valence-electron chi connectivity index (χ0n) is 14.8. The number of rotatable bonds is 3. The van der Waals surface area contributed by atoms with Gasteiger partial charge in [-0.25, -0.2) is 0 Å². The smallest absolute Gasteiger partial charge is 0.334 e. The fourth-order valence-corrected chi connectivity index (χ4v) is 4.23. The third-order valence-corrected chi connectivity index (χ3v) is 5.41. The number of methoxy groups -OCH3 is 1. The van der Waals surface area contributed by atoms with Gasteiger partial charge in [0.1, 0.15) is 5.75 Å². The molecule has 4 rings (SSSR count). The number of pyridine rings is 1. The molecule has 2 atom stereocenters. The average molecular weight is 369 g/mol. The van der Waals surface area contributed by atoms with Gasteiger partial charge in [0.15, 0.2) is 0 Å². The Balaban J connectivity index is 1.65. The van der Waals surface area contributed by atoms with Gasteiger partial charge in [-0.3, -0.25) is 19.7 Å². The molecule has 8 heteroatoms. The van der Waals surface area contributed by atoms with E-state index in [4.69, 9.17) is 4.74 Å². The van der Waals surface area contributed by atoms with E-state index in [1.807, 2.05) is 6.07 Å². The zero-order chi connectivity index (χ0) is 19.1. The molecule has 0 N–H and O–H groups in total. The minimum Gasteiger partial charge on any atom is -0.496 e. The molecular weight excluding hydrogens is 350 g/mol. The summed E-state index contributed by atoms with van der Waals surface area (Å²) < 4.78 is 6.82. The highest BCUT2D eigenvalue weighted by Gasteiger charge is 2.38. The van der Waals surface area contributed by atoms with Crippen molar-refractivity contribution < 1.29 is 14.5 Å². The molecule has 2 bridgehead atoms. The van der Waals surface area contributed by atoms with Gasteiger partial charge in [0, 0.05) is 37.3 Å². The molecule has 3 heterocycles. The molecule has 1 aromatic heterocycles. The van der Waals surface area contributed by atoms with E-state index in [1.54, 1.807) is 29.2 Å². The number of aromatic nitrogens is 1. The second kappa shape index (κ2) is 6.53. The number of fused-ring (bicyclic) bond motifs is 4. The summed E-state index contributed by atoms with van der Waals surface area (Å²) in [5.74, 6) is 0.518. The van der Waals surface area contributed by atoms with Crippen LogP contribution in [0.4, 0.5) is 5.69 Å². The third-order valence-electron chi connectivity index (χ3n) is 5.41. The maximum absolute atomic E-state index is 13.0. The summed E-state index contributed by atoms with van der Waals surface area (Å²) in [4.78, 5) is 37.6. The first kappa shape index (κ1) is 17.3. The van der Waals surface area contributed by atoms with Crippen LogP contribution in [-0.4, -0.2) is 40.5 Å². The number of ether oxygens (including phenoxy) is 1. The number of nitro groups is 1. The minimum atomic E-state index is -0.641. The SMILES string of the molecule is COc1ccccc1C(=O)N1C[C@@H]2C[C@H](C1)c1ccc([N+](=O)[O-])c(=O)n1C2. The van der Waals surface area contributed by atoms with Gasteiger partial charge in [-0.2, -0.15) is 0 Å². The van der Waals surface area contributed by atoms with Crippen LogP contribution in [-0.2, 0) is 6.54 Å². The van der Waals surface area contributed by atoms with Crippen LogP contribution in [0.5, 0.6) is 5.75 Å². The summed E-state index contributed by atoms with van der Waals surface area (Å²) >= 11 is 0. The summed E-state index contributed by atoms with van der Waals surface area (Å²) in [6.07, 6.45) is 0.868. The summed E-state index contributed by atoms with van der Waals surface area (Å²) in [5.41, 5.74) is 0.317. The van der Waals surface area contributed by atoms with Crippen LogP contribution in [0.3, 0.4) is 0 Å². The van der Waals surface area contributed by atoms with Gasteiger partial charge in [0.25, 0.3) is 5.91 Å². The number of carbonyl (C=O) groups excluding carboxylic acids is 1. The van der Waals surface area contributed by atoms with Crippen molar-refractivity contribution in [3.63, 3.8) is 0 Å². The molecule has 1 aromatic carbocycles. The van der Waals surface area contributed by atoms with Crippen LogP contribution in [0.2, 0.25) is 0 Å². The molecule has 0 unspecified atom stereocenters. The number of hydrogen-bond acceptors (Lipinski definition) is 5. The second-order valence-corrected chi connectivity index (χ2v) is 7.03. The normalized spacial score (nSPS) is 20.7. The Morgan fingerprint density at radius 1 is 1.19 bits per heavy atom. The van der Waals surface area contributed by atoms with Crippen molar-refractivity contribution in [1.29, 1.82) is 0 Å². The Morgan fingerprint density at radius 2 is 1.96 bits per heavy atom. The van der Waals surface area contributed by atoms with Crippen molar-refractivity contribution in [2.45, 2.75) is 18.9 Å². The molecule has 0 radical (unpaired) electrons. The van der Waals surface area contributed by atoms with Crippen LogP contribution in [0.25, 0.3) is 0 Å². The standard InChI is InChI=1S/C19H19N3O5/c1-27-17-5-3-2-4-14(17)18(23)20-9-12-8-13(11-20)15-6-7-16(22(25)26)19(24)21(15)10-12/h2-7,12-13H,8-11H2,1H3/t12-,13+/m0/s1. The molecule has 2 aliphatic rings. The number of benzene rings is 1. The number of para-hydroxylation sites is 1. The Hall–Kier alpha value is -3.16. The molecule has 0 saturated carbocycles. The van der Waals surface area contributed by atoms with Gasteiger partial charge < -0.3 is 14.2 Å². The van der Waals surface area contributed by atoms with Crippen molar-refractivity contribution in [2.75, 3.05) is 20.2 Å². The Kier molecular flexibility index (Phi) is 4.18. The number of piperidine rings is 1. The predicted molar refractivity (Wildman–Crippen MR) is 97.1 cm³/mol. The van der Waals surface area contributed by atoms with E-state index >= 15 is 0 Å². The van der Waals surface area contributed by atoms with E-state index in [2.05, 4.69) is 0 Å². The van der Waals surface area contributed by atoms with Crippen LogP contribution in [0, 0.1) is 16.0 Å². The van der Waals surface area contributed by atoms with Crippen molar-refractivity contribution in [3.05, 3.63) is 68.1 Å². The van der Waals surface area contributed by atoms with Crippen molar-refractivity contribution in [2.24, 2.45) is 5.92 Å². The van der Waals surface area contributed by atoms with Crippen molar-refractivity contribution >= 4 is 11.6 Å². The highest BCUT2D eigenvalue weighted by Crippen LogP contribution is 2.36. The fourth-order valence-electron chi connectivity index (χ4n) is 4.23. The first-order chi connectivity index (χ1) is 13.0. The quantitative estimate of drug-likeness (QED) is 0.609. The molecule has 8 nitrogen and oxygen atoms in total. The topological polar surface area (TPSA) is 94.7 Å². The molecule has 2 aliphatic heterocycles. The minimum absolute atomic E-state index is 0.00957. The van der Waals surface area contributed by atoms with E-state index in [0.29, 0.717) is 30.9 Å². The molecule has 1 fully saturated rings. The number of likely N-dealkylation sites (tertiary alicyclic amines) is 1. The third kappa shape index (κ3) is 2.87. The highest BCUT2D eigenvalue weighted by atomic mass is 16.6. The van der Waals surface area contributed by atoms with Gasteiger partial charge in [-0.15, -0.1) is 0 Å². The second-order valence-electron chi connectivity index (χ2n) is 7.03. The summed E-state index contributed by atoms with van der Waals surface area (Å²) in [6.45, 7) is 1.38. The molecule has 140 valence electrons. The van der Waals surface area contributed by atoms with E-state index in [1.165, 1.54) is 17.7 Å². The van der Waals surface area contributed by atoms with E-state index < -0.39 is 16.2 Å². The summed E-state index contributed by atoms with van der Waals surface area (Å²) in [6, 6.07) is 10.0. The Labute approximate surface area is 155 Å². The van der Waals surface area contributed by atoms with Gasteiger partial charge in [-0.05, 0) is 30.5 Å². The van der Waals surface area contributed by atoms with E-state index in [9.17, 15) is 19.7 Å². The maximum atomic E-state index is 13.0. The predicted octanol–water partition coefficient (Wildman–Crippen LogP) is 2.02. The lowest BCUT2D eigenvalue weighted by Gasteiger charge is -2.42. The molecule has 0 spiro atoms. The van der Waals surface area contributed by atoms with Gasteiger partial charge >= 0.3 is 11.2 Å². The Bertz CT molecular complexity index is 984. The highest BCUT2D eigenvalue weighted by molar-refractivity contribution is 5.97. The molecule has 1 amide bonds.